The number of nitrogens with zero attached hydrogens (tertiary/aromatic N) is 3. The van der Waals surface area contributed by atoms with E-state index in [0.29, 0.717) is 12.5 Å². The largest absolute Gasteiger partial charge is 0.379 e. The van der Waals surface area contributed by atoms with E-state index in [2.05, 4.69) is 32.2 Å². The molecule has 1 amide bonds. The van der Waals surface area contributed by atoms with Gasteiger partial charge in [-0.25, -0.2) is 4.63 Å². The molecule has 0 atom stereocenters. The monoisotopic (exact) mass is 239 g/mol. The number of amides is 1. The second-order valence-corrected chi connectivity index (χ2v) is 4.45. The van der Waals surface area contributed by atoms with Crippen LogP contribution >= 0.6 is 0 Å². The van der Waals surface area contributed by atoms with E-state index in [1.165, 1.54) is 0 Å². The van der Waals surface area contributed by atoms with Crippen molar-refractivity contribution in [3.8, 4) is 0 Å². The van der Waals surface area contributed by atoms with Crippen LogP contribution < -0.4 is 11.1 Å². The minimum atomic E-state index is -0.317. The first-order chi connectivity index (χ1) is 8.16. The summed E-state index contributed by atoms with van der Waals surface area (Å²) in [5.41, 5.74) is 5.50. The molecule has 7 heteroatoms. The molecule has 0 saturated carbocycles. The molecule has 94 valence electrons. The van der Waals surface area contributed by atoms with Crippen molar-refractivity contribution < 1.29 is 9.42 Å². The summed E-state index contributed by atoms with van der Waals surface area (Å²) in [6.07, 6.45) is 2.20. The van der Waals surface area contributed by atoms with Crippen molar-refractivity contribution in [2.45, 2.75) is 12.8 Å². The molecule has 1 aliphatic rings. The lowest BCUT2D eigenvalue weighted by molar-refractivity contribution is 0.0930. The van der Waals surface area contributed by atoms with Crippen LogP contribution in [0.1, 0.15) is 23.3 Å². The zero-order valence-corrected chi connectivity index (χ0v) is 9.85. The number of hydrogen-bond acceptors (Lipinski definition) is 6. The van der Waals surface area contributed by atoms with Gasteiger partial charge in [-0.05, 0) is 49.2 Å². The van der Waals surface area contributed by atoms with Crippen LogP contribution in [0.25, 0.3) is 0 Å². The molecule has 0 spiro atoms. The fourth-order valence-electron chi connectivity index (χ4n) is 1.94. The van der Waals surface area contributed by atoms with E-state index in [1.807, 2.05) is 0 Å². The number of likely N-dealkylation sites (tertiary alicyclic amines) is 1. The van der Waals surface area contributed by atoms with Crippen LogP contribution in [0.15, 0.2) is 4.63 Å². The Hall–Kier alpha value is -1.63. The Bertz CT molecular complexity index is 384. The summed E-state index contributed by atoms with van der Waals surface area (Å²) in [6.45, 7) is 2.81. The van der Waals surface area contributed by atoms with E-state index in [0.717, 1.165) is 25.9 Å². The van der Waals surface area contributed by atoms with E-state index in [4.69, 9.17) is 5.73 Å². The number of aromatic nitrogens is 2. The number of piperidine rings is 1. The summed E-state index contributed by atoms with van der Waals surface area (Å²) >= 11 is 0. The molecule has 0 aromatic carbocycles. The smallest absolute Gasteiger partial charge is 0.277 e. The van der Waals surface area contributed by atoms with Gasteiger partial charge in [0.05, 0.1) is 0 Å². The number of carbonyl (C=O) groups is 1. The first-order valence-corrected chi connectivity index (χ1v) is 5.71. The van der Waals surface area contributed by atoms with Crippen molar-refractivity contribution in [1.29, 1.82) is 0 Å². The molecular formula is C10H17N5O2. The van der Waals surface area contributed by atoms with Gasteiger partial charge in [0.15, 0.2) is 0 Å². The third kappa shape index (κ3) is 2.94. The summed E-state index contributed by atoms with van der Waals surface area (Å²) < 4.78 is 4.38. The van der Waals surface area contributed by atoms with Gasteiger partial charge in [0.1, 0.15) is 0 Å². The Morgan fingerprint density at radius 3 is 2.82 bits per heavy atom. The molecule has 2 rings (SSSR count). The molecule has 2 heterocycles. The number of rotatable bonds is 3. The Kier molecular flexibility index (Phi) is 3.58. The van der Waals surface area contributed by atoms with E-state index in [9.17, 15) is 4.79 Å². The molecule has 1 aromatic rings. The Labute approximate surface area is 99.3 Å². The average Bonchev–Trinajstić information content (AvgIpc) is 2.74. The van der Waals surface area contributed by atoms with Crippen LogP contribution in [0.2, 0.25) is 0 Å². The molecular weight excluding hydrogens is 222 g/mol. The summed E-state index contributed by atoms with van der Waals surface area (Å²) in [7, 11) is 2.11. The molecule has 1 saturated heterocycles. The molecule has 7 nitrogen and oxygen atoms in total. The van der Waals surface area contributed by atoms with Gasteiger partial charge in [0.25, 0.3) is 5.91 Å². The highest BCUT2D eigenvalue weighted by Gasteiger charge is 2.20. The molecule has 0 aliphatic carbocycles. The summed E-state index contributed by atoms with van der Waals surface area (Å²) in [5.74, 6) is 0.241. The predicted octanol–water partition coefficient (Wildman–Crippen LogP) is -0.277. The van der Waals surface area contributed by atoms with Crippen LogP contribution in [-0.4, -0.2) is 47.8 Å². The van der Waals surface area contributed by atoms with Crippen molar-refractivity contribution in [2.75, 3.05) is 32.4 Å². The Morgan fingerprint density at radius 1 is 1.53 bits per heavy atom. The van der Waals surface area contributed by atoms with Crippen molar-refractivity contribution in [1.82, 2.24) is 20.5 Å². The van der Waals surface area contributed by atoms with E-state index in [1.54, 1.807) is 0 Å². The maximum atomic E-state index is 11.7. The van der Waals surface area contributed by atoms with Crippen LogP contribution in [-0.2, 0) is 0 Å². The van der Waals surface area contributed by atoms with Crippen molar-refractivity contribution in [3.05, 3.63) is 5.69 Å². The van der Waals surface area contributed by atoms with Crippen LogP contribution in [0, 0.1) is 5.92 Å². The van der Waals surface area contributed by atoms with E-state index >= 15 is 0 Å². The van der Waals surface area contributed by atoms with Crippen LogP contribution in [0.3, 0.4) is 0 Å². The van der Waals surface area contributed by atoms with Crippen molar-refractivity contribution >= 4 is 11.7 Å². The SMILES string of the molecule is CN1CCC(CNC(=O)c2nonc2N)CC1. The molecule has 17 heavy (non-hydrogen) atoms. The second-order valence-electron chi connectivity index (χ2n) is 4.45. The van der Waals surface area contributed by atoms with Crippen molar-refractivity contribution in [3.63, 3.8) is 0 Å². The number of anilines is 1. The van der Waals surface area contributed by atoms with Gasteiger partial charge in [-0.2, -0.15) is 0 Å². The molecule has 0 bridgehead atoms. The van der Waals surface area contributed by atoms with Gasteiger partial charge >= 0.3 is 0 Å². The van der Waals surface area contributed by atoms with Gasteiger partial charge in [-0.1, -0.05) is 0 Å². The zero-order chi connectivity index (χ0) is 12.3. The molecule has 0 radical (unpaired) electrons. The lowest BCUT2D eigenvalue weighted by Gasteiger charge is -2.28. The fourth-order valence-corrected chi connectivity index (χ4v) is 1.94. The highest BCUT2D eigenvalue weighted by molar-refractivity contribution is 5.95. The predicted molar refractivity (Wildman–Crippen MR) is 61.3 cm³/mol. The highest BCUT2D eigenvalue weighted by atomic mass is 16.6. The molecule has 0 unspecified atom stereocenters. The fraction of sp³-hybridized carbons (Fsp3) is 0.700. The summed E-state index contributed by atoms with van der Waals surface area (Å²) in [4.78, 5) is 14.0. The third-order valence-electron chi connectivity index (χ3n) is 3.12. The van der Waals surface area contributed by atoms with Crippen LogP contribution in [0.4, 0.5) is 5.82 Å². The number of hydrogen-bond donors (Lipinski definition) is 2. The lowest BCUT2D eigenvalue weighted by atomic mass is 9.97. The topological polar surface area (TPSA) is 97.3 Å². The van der Waals surface area contributed by atoms with E-state index < -0.39 is 0 Å². The number of nitrogens with one attached hydrogen (secondary N) is 1. The molecule has 1 aromatic heterocycles. The summed E-state index contributed by atoms with van der Waals surface area (Å²) in [6, 6.07) is 0. The number of nitrogens with two attached hydrogens (primary N) is 1. The quantitative estimate of drug-likeness (QED) is 0.753. The maximum absolute atomic E-state index is 11.7. The zero-order valence-electron chi connectivity index (χ0n) is 9.85. The minimum Gasteiger partial charge on any atom is -0.379 e. The minimum absolute atomic E-state index is 0.0332. The number of carbonyl (C=O) groups excluding carboxylic acids is 1. The standard InChI is InChI=1S/C10H17N5O2/c1-15-4-2-7(3-5-15)6-12-10(16)8-9(11)14-17-13-8/h7H,2-6H2,1H3,(H2,11,14)(H,12,16). The van der Waals surface area contributed by atoms with Crippen molar-refractivity contribution in [2.24, 2.45) is 5.92 Å². The van der Waals surface area contributed by atoms with Gasteiger partial charge < -0.3 is 16.0 Å². The third-order valence-corrected chi connectivity index (χ3v) is 3.12. The van der Waals surface area contributed by atoms with Gasteiger partial charge in [0.2, 0.25) is 11.5 Å². The first-order valence-electron chi connectivity index (χ1n) is 5.71. The van der Waals surface area contributed by atoms with Gasteiger partial charge in [0, 0.05) is 6.54 Å². The Balaban J connectivity index is 1.79. The maximum Gasteiger partial charge on any atom is 0.277 e. The average molecular weight is 239 g/mol. The highest BCUT2D eigenvalue weighted by Crippen LogP contribution is 2.15. The van der Waals surface area contributed by atoms with Crippen LogP contribution in [0.5, 0.6) is 0 Å². The molecule has 3 N–H and O–H groups in total. The molecule has 1 fully saturated rings. The second kappa shape index (κ2) is 5.13. The first kappa shape index (κ1) is 11.8. The number of nitrogen functional groups attached to an aromatic ring is 1. The Morgan fingerprint density at radius 2 is 2.24 bits per heavy atom. The van der Waals surface area contributed by atoms with E-state index in [-0.39, 0.29) is 17.4 Å². The summed E-state index contributed by atoms with van der Waals surface area (Å²) in [5, 5.41) is 9.64. The lowest BCUT2D eigenvalue weighted by Crippen LogP contribution is -2.37. The molecule has 1 aliphatic heterocycles. The van der Waals surface area contributed by atoms with Gasteiger partial charge in [-0.3, -0.25) is 4.79 Å². The normalized spacial score (nSPS) is 18.2. The van der Waals surface area contributed by atoms with Gasteiger partial charge in [-0.15, -0.1) is 0 Å².